The second-order valence-corrected chi connectivity index (χ2v) is 5.12. The van der Waals surface area contributed by atoms with E-state index >= 15 is 0 Å². The fraction of sp³-hybridized carbons (Fsp3) is 0.700. The summed E-state index contributed by atoms with van der Waals surface area (Å²) in [6.07, 6.45) is 0.970. The normalized spacial score (nSPS) is 25.8. The van der Waals surface area contributed by atoms with E-state index in [-0.39, 0.29) is 11.9 Å². The Labute approximate surface area is 98.8 Å². The Kier molecular flexibility index (Phi) is 3.20. The Morgan fingerprint density at radius 1 is 1.62 bits per heavy atom. The van der Waals surface area contributed by atoms with Crippen molar-refractivity contribution >= 4 is 17.4 Å². The van der Waals surface area contributed by atoms with Gasteiger partial charge in [0, 0.05) is 19.1 Å². The zero-order chi connectivity index (χ0) is 11.7. The summed E-state index contributed by atoms with van der Waals surface area (Å²) < 4.78 is 3.78. The lowest BCUT2D eigenvalue weighted by atomic mass is 9.94. The number of nitrogens with zero attached hydrogens (tertiary/aromatic N) is 3. The van der Waals surface area contributed by atoms with E-state index < -0.39 is 0 Å². The summed E-state index contributed by atoms with van der Waals surface area (Å²) in [5.74, 6) is 0.514. The van der Waals surface area contributed by atoms with Crippen LogP contribution < -0.4 is 5.73 Å². The molecule has 1 aromatic rings. The molecule has 1 fully saturated rings. The van der Waals surface area contributed by atoms with Crippen LogP contribution in [0.2, 0.25) is 0 Å². The van der Waals surface area contributed by atoms with Crippen LogP contribution in [0.4, 0.5) is 0 Å². The first-order chi connectivity index (χ1) is 7.59. The number of piperidine rings is 1. The van der Waals surface area contributed by atoms with Crippen molar-refractivity contribution in [2.45, 2.75) is 26.3 Å². The Morgan fingerprint density at radius 2 is 2.38 bits per heavy atom. The van der Waals surface area contributed by atoms with Gasteiger partial charge >= 0.3 is 0 Å². The maximum Gasteiger partial charge on any atom is 0.267 e. The predicted octanol–water partition coefficient (Wildman–Crippen LogP) is 0.656. The number of aryl methyl sites for hydroxylation is 1. The fourth-order valence-corrected chi connectivity index (χ4v) is 2.48. The highest BCUT2D eigenvalue weighted by Crippen LogP contribution is 2.19. The zero-order valence-corrected chi connectivity index (χ0v) is 10.3. The molecule has 2 atom stereocenters. The molecule has 1 amide bonds. The molecule has 6 heteroatoms. The summed E-state index contributed by atoms with van der Waals surface area (Å²) in [4.78, 5) is 14.6. The van der Waals surface area contributed by atoms with Crippen molar-refractivity contribution in [1.29, 1.82) is 0 Å². The maximum absolute atomic E-state index is 12.1. The van der Waals surface area contributed by atoms with Crippen molar-refractivity contribution in [3.63, 3.8) is 0 Å². The topological polar surface area (TPSA) is 72.1 Å². The first-order valence-electron chi connectivity index (χ1n) is 5.43. The van der Waals surface area contributed by atoms with Crippen LogP contribution in [0.1, 0.15) is 28.7 Å². The minimum atomic E-state index is 0.0230. The van der Waals surface area contributed by atoms with Crippen molar-refractivity contribution < 1.29 is 4.79 Å². The standard InChI is InChI=1S/C10H16N4OS/c1-6-3-4-14(5-8(6)11)10(15)9-7(2)12-13-16-9/h6,8H,3-5,11H2,1-2H3. The van der Waals surface area contributed by atoms with Gasteiger partial charge < -0.3 is 10.6 Å². The quantitative estimate of drug-likeness (QED) is 0.782. The number of aromatic nitrogens is 2. The predicted molar refractivity (Wildman–Crippen MR) is 62.3 cm³/mol. The minimum Gasteiger partial charge on any atom is -0.336 e. The Balaban J connectivity index is 2.09. The molecule has 2 rings (SSSR count). The third-order valence-corrected chi connectivity index (χ3v) is 3.97. The average Bonchev–Trinajstić information content (AvgIpc) is 2.67. The number of amides is 1. The van der Waals surface area contributed by atoms with E-state index in [1.807, 2.05) is 11.8 Å². The molecule has 1 aliphatic heterocycles. The molecule has 1 aliphatic rings. The summed E-state index contributed by atoms with van der Waals surface area (Å²) >= 11 is 1.16. The molecule has 16 heavy (non-hydrogen) atoms. The van der Waals surface area contributed by atoms with E-state index in [1.54, 1.807) is 0 Å². The highest BCUT2D eigenvalue weighted by Gasteiger charge is 2.28. The molecular weight excluding hydrogens is 224 g/mol. The lowest BCUT2D eigenvalue weighted by Crippen LogP contribution is -2.49. The van der Waals surface area contributed by atoms with Gasteiger partial charge in [0.2, 0.25) is 0 Å². The smallest absolute Gasteiger partial charge is 0.267 e. The minimum absolute atomic E-state index is 0.0230. The first-order valence-corrected chi connectivity index (χ1v) is 6.20. The van der Waals surface area contributed by atoms with Crippen molar-refractivity contribution in [3.8, 4) is 0 Å². The molecule has 0 aromatic carbocycles. The van der Waals surface area contributed by atoms with E-state index in [9.17, 15) is 4.79 Å². The van der Waals surface area contributed by atoms with Gasteiger partial charge in [0.1, 0.15) is 4.88 Å². The lowest BCUT2D eigenvalue weighted by Gasteiger charge is -2.34. The molecular formula is C10H16N4OS. The SMILES string of the molecule is Cc1nnsc1C(=O)N1CCC(C)C(N)C1. The molecule has 2 unspecified atom stereocenters. The molecule has 2 heterocycles. The van der Waals surface area contributed by atoms with Crippen LogP contribution in [0.3, 0.4) is 0 Å². The van der Waals surface area contributed by atoms with Gasteiger partial charge in [0.05, 0.1) is 5.69 Å². The third kappa shape index (κ3) is 2.08. The highest BCUT2D eigenvalue weighted by molar-refractivity contribution is 7.07. The summed E-state index contributed by atoms with van der Waals surface area (Å²) in [6, 6.07) is 0.0823. The molecule has 0 bridgehead atoms. The van der Waals surface area contributed by atoms with Gasteiger partial charge in [-0.25, -0.2) is 0 Å². The zero-order valence-electron chi connectivity index (χ0n) is 9.51. The van der Waals surface area contributed by atoms with Gasteiger partial charge in [0.25, 0.3) is 5.91 Å². The van der Waals surface area contributed by atoms with Crippen molar-refractivity contribution in [2.75, 3.05) is 13.1 Å². The second-order valence-electron chi connectivity index (χ2n) is 4.37. The molecule has 0 spiro atoms. The van der Waals surface area contributed by atoms with E-state index in [2.05, 4.69) is 16.5 Å². The number of hydrogen-bond donors (Lipinski definition) is 1. The van der Waals surface area contributed by atoms with Crippen LogP contribution in [-0.4, -0.2) is 39.5 Å². The van der Waals surface area contributed by atoms with Crippen molar-refractivity contribution in [1.82, 2.24) is 14.5 Å². The van der Waals surface area contributed by atoms with E-state index in [1.165, 1.54) is 0 Å². The Bertz CT molecular complexity index is 392. The molecule has 88 valence electrons. The Morgan fingerprint density at radius 3 is 2.94 bits per heavy atom. The van der Waals surface area contributed by atoms with Crippen LogP contribution in [-0.2, 0) is 0 Å². The van der Waals surface area contributed by atoms with Gasteiger partial charge in [0.15, 0.2) is 0 Å². The second kappa shape index (κ2) is 4.47. The van der Waals surface area contributed by atoms with Gasteiger partial charge in [-0.15, -0.1) is 5.10 Å². The first kappa shape index (κ1) is 11.5. The molecule has 1 saturated heterocycles. The number of carbonyl (C=O) groups excluding carboxylic acids is 1. The molecule has 5 nitrogen and oxygen atoms in total. The van der Waals surface area contributed by atoms with Gasteiger partial charge in [-0.05, 0) is 30.8 Å². The summed E-state index contributed by atoms with van der Waals surface area (Å²) in [5.41, 5.74) is 6.69. The largest absolute Gasteiger partial charge is 0.336 e. The number of hydrogen-bond acceptors (Lipinski definition) is 5. The van der Waals surface area contributed by atoms with Crippen LogP contribution in [0, 0.1) is 12.8 Å². The molecule has 2 N–H and O–H groups in total. The fourth-order valence-electron chi connectivity index (χ4n) is 1.86. The van der Waals surface area contributed by atoms with Crippen LogP contribution >= 0.6 is 11.5 Å². The van der Waals surface area contributed by atoms with Gasteiger partial charge in [-0.1, -0.05) is 11.4 Å². The highest BCUT2D eigenvalue weighted by atomic mass is 32.1. The molecule has 1 aromatic heterocycles. The van der Waals surface area contributed by atoms with Crippen LogP contribution in [0.15, 0.2) is 0 Å². The number of carbonyl (C=O) groups is 1. The number of likely N-dealkylation sites (tertiary alicyclic amines) is 1. The van der Waals surface area contributed by atoms with E-state index in [0.29, 0.717) is 23.0 Å². The number of nitrogens with two attached hydrogens (primary N) is 1. The maximum atomic E-state index is 12.1. The van der Waals surface area contributed by atoms with E-state index in [4.69, 9.17) is 5.73 Å². The Hall–Kier alpha value is -1.01. The molecule has 0 saturated carbocycles. The molecule has 0 radical (unpaired) electrons. The van der Waals surface area contributed by atoms with Gasteiger partial charge in [-0.2, -0.15) is 0 Å². The summed E-state index contributed by atoms with van der Waals surface area (Å²) in [5, 5.41) is 3.86. The van der Waals surface area contributed by atoms with Crippen LogP contribution in [0.25, 0.3) is 0 Å². The van der Waals surface area contributed by atoms with Crippen LogP contribution in [0.5, 0.6) is 0 Å². The summed E-state index contributed by atoms with van der Waals surface area (Å²) in [7, 11) is 0. The monoisotopic (exact) mass is 240 g/mol. The molecule has 0 aliphatic carbocycles. The average molecular weight is 240 g/mol. The number of rotatable bonds is 1. The lowest BCUT2D eigenvalue weighted by molar-refractivity contribution is 0.0676. The van der Waals surface area contributed by atoms with Crippen molar-refractivity contribution in [3.05, 3.63) is 10.6 Å². The van der Waals surface area contributed by atoms with Gasteiger partial charge in [-0.3, -0.25) is 4.79 Å². The summed E-state index contributed by atoms with van der Waals surface area (Å²) in [6.45, 7) is 5.36. The van der Waals surface area contributed by atoms with Crippen molar-refractivity contribution in [2.24, 2.45) is 11.7 Å². The van der Waals surface area contributed by atoms with E-state index in [0.717, 1.165) is 24.5 Å². The third-order valence-electron chi connectivity index (χ3n) is 3.15.